The summed E-state index contributed by atoms with van der Waals surface area (Å²) in [6.45, 7) is 3.76. The Bertz CT molecular complexity index is 300. The molecule has 0 aromatic rings. The molecule has 1 aliphatic heterocycles. The minimum atomic E-state index is -0.399. The Morgan fingerprint density at radius 3 is 2.75 bits per heavy atom. The zero-order valence-electron chi connectivity index (χ0n) is 9.78. The molecule has 2 aliphatic rings. The van der Waals surface area contributed by atoms with E-state index < -0.39 is 5.41 Å². The standard InChI is InChI=1S/C14H20O2/c1-2-8-14(9-10-16-13(14)15)11-12-6-4-3-5-7-12/h2,9-10,12H,1,3-8,11H2. The van der Waals surface area contributed by atoms with Crippen LogP contribution in [0.25, 0.3) is 0 Å². The van der Waals surface area contributed by atoms with Crippen molar-refractivity contribution >= 4 is 5.97 Å². The minimum Gasteiger partial charge on any atom is -0.434 e. The van der Waals surface area contributed by atoms with Crippen molar-refractivity contribution in [2.45, 2.75) is 44.9 Å². The number of allylic oxidation sites excluding steroid dienone is 1. The fourth-order valence-corrected chi connectivity index (χ4v) is 2.96. The predicted octanol–water partition coefficient (Wildman–Crippen LogP) is 3.59. The van der Waals surface area contributed by atoms with E-state index in [9.17, 15) is 4.79 Å². The van der Waals surface area contributed by atoms with Crippen molar-refractivity contribution in [2.75, 3.05) is 0 Å². The zero-order valence-corrected chi connectivity index (χ0v) is 9.78. The summed E-state index contributed by atoms with van der Waals surface area (Å²) in [7, 11) is 0. The minimum absolute atomic E-state index is 0.0852. The molecule has 2 nitrogen and oxygen atoms in total. The van der Waals surface area contributed by atoms with Gasteiger partial charge in [-0.25, -0.2) is 0 Å². The highest BCUT2D eigenvalue weighted by molar-refractivity contribution is 5.82. The van der Waals surface area contributed by atoms with Gasteiger partial charge in [-0.05, 0) is 24.8 Å². The van der Waals surface area contributed by atoms with E-state index in [1.807, 2.05) is 12.2 Å². The zero-order chi connectivity index (χ0) is 11.4. The summed E-state index contributed by atoms with van der Waals surface area (Å²) in [5, 5.41) is 0. The topological polar surface area (TPSA) is 26.3 Å². The molecule has 0 bridgehead atoms. The second kappa shape index (κ2) is 4.86. The lowest BCUT2D eigenvalue weighted by atomic mass is 9.73. The summed E-state index contributed by atoms with van der Waals surface area (Å²) >= 11 is 0. The van der Waals surface area contributed by atoms with Gasteiger partial charge in [-0.2, -0.15) is 0 Å². The maximum absolute atomic E-state index is 11.8. The number of rotatable bonds is 4. The van der Waals surface area contributed by atoms with E-state index in [2.05, 4.69) is 6.58 Å². The SMILES string of the molecule is C=CCC1(CC2CCCCC2)C=COC1=O. The molecule has 1 unspecified atom stereocenters. The third-order valence-electron chi connectivity index (χ3n) is 3.85. The van der Waals surface area contributed by atoms with Crippen molar-refractivity contribution in [1.82, 2.24) is 0 Å². The first kappa shape index (κ1) is 11.4. The molecule has 0 aromatic heterocycles. The molecule has 2 rings (SSSR count). The van der Waals surface area contributed by atoms with Crippen LogP contribution >= 0.6 is 0 Å². The first-order chi connectivity index (χ1) is 7.77. The van der Waals surface area contributed by atoms with Crippen LogP contribution in [-0.4, -0.2) is 5.97 Å². The molecule has 0 N–H and O–H groups in total. The van der Waals surface area contributed by atoms with Gasteiger partial charge in [0, 0.05) is 0 Å². The number of carbonyl (C=O) groups excluding carboxylic acids is 1. The van der Waals surface area contributed by atoms with Crippen molar-refractivity contribution in [3.63, 3.8) is 0 Å². The lowest BCUT2D eigenvalue weighted by molar-refractivity contribution is -0.145. The van der Waals surface area contributed by atoms with Crippen molar-refractivity contribution in [3.8, 4) is 0 Å². The summed E-state index contributed by atoms with van der Waals surface area (Å²) in [4.78, 5) is 11.8. The van der Waals surface area contributed by atoms with Crippen LogP contribution in [0, 0.1) is 11.3 Å². The third-order valence-corrected chi connectivity index (χ3v) is 3.85. The van der Waals surface area contributed by atoms with Crippen molar-refractivity contribution in [1.29, 1.82) is 0 Å². The van der Waals surface area contributed by atoms with Crippen LogP contribution in [0.1, 0.15) is 44.9 Å². The summed E-state index contributed by atoms with van der Waals surface area (Å²) in [6.07, 6.45) is 13.5. The average Bonchev–Trinajstić information content (AvgIpc) is 2.62. The molecule has 1 atom stereocenters. The summed E-state index contributed by atoms with van der Waals surface area (Å²) in [6, 6.07) is 0. The quantitative estimate of drug-likeness (QED) is 0.534. The molecule has 1 fully saturated rings. The maximum Gasteiger partial charge on any atom is 0.321 e. The fraction of sp³-hybridized carbons (Fsp3) is 0.643. The Hall–Kier alpha value is -1.05. The fourth-order valence-electron chi connectivity index (χ4n) is 2.96. The summed E-state index contributed by atoms with van der Waals surface area (Å²) in [5.41, 5.74) is -0.399. The molecule has 0 amide bonds. The van der Waals surface area contributed by atoms with E-state index in [1.54, 1.807) is 6.26 Å². The van der Waals surface area contributed by atoms with E-state index in [-0.39, 0.29) is 5.97 Å². The van der Waals surface area contributed by atoms with E-state index >= 15 is 0 Å². The lowest BCUT2D eigenvalue weighted by Gasteiger charge is -2.30. The normalized spacial score (nSPS) is 30.4. The highest BCUT2D eigenvalue weighted by atomic mass is 16.5. The number of esters is 1. The molecular formula is C14H20O2. The molecule has 0 radical (unpaired) electrons. The molecule has 1 saturated carbocycles. The number of hydrogen-bond donors (Lipinski definition) is 0. The van der Waals surface area contributed by atoms with Gasteiger partial charge in [-0.15, -0.1) is 6.58 Å². The number of hydrogen-bond acceptors (Lipinski definition) is 2. The first-order valence-electron chi connectivity index (χ1n) is 6.26. The highest BCUT2D eigenvalue weighted by Gasteiger charge is 2.41. The van der Waals surface area contributed by atoms with E-state index in [0.717, 1.165) is 6.42 Å². The molecule has 0 saturated heterocycles. The Labute approximate surface area is 97.4 Å². The molecule has 1 aliphatic carbocycles. The van der Waals surface area contributed by atoms with Crippen LogP contribution in [-0.2, 0) is 9.53 Å². The second-order valence-electron chi connectivity index (χ2n) is 5.07. The molecule has 16 heavy (non-hydrogen) atoms. The van der Waals surface area contributed by atoms with Gasteiger partial charge < -0.3 is 4.74 Å². The molecular weight excluding hydrogens is 200 g/mol. The molecule has 0 spiro atoms. The van der Waals surface area contributed by atoms with E-state index in [0.29, 0.717) is 12.3 Å². The molecule has 1 heterocycles. The van der Waals surface area contributed by atoms with Crippen molar-refractivity contribution in [2.24, 2.45) is 11.3 Å². The molecule has 0 aromatic carbocycles. The van der Waals surface area contributed by atoms with Crippen LogP contribution in [0.2, 0.25) is 0 Å². The number of carbonyl (C=O) groups is 1. The van der Waals surface area contributed by atoms with Gasteiger partial charge in [-0.3, -0.25) is 4.79 Å². The average molecular weight is 220 g/mol. The van der Waals surface area contributed by atoms with Crippen LogP contribution < -0.4 is 0 Å². The van der Waals surface area contributed by atoms with Gasteiger partial charge in [0.25, 0.3) is 0 Å². The van der Waals surface area contributed by atoms with Crippen LogP contribution in [0.3, 0.4) is 0 Å². The molecule has 88 valence electrons. The lowest BCUT2D eigenvalue weighted by Crippen LogP contribution is -2.29. The Balaban J connectivity index is 2.04. The summed E-state index contributed by atoms with van der Waals surface area (Å²) < 4.78 is 5.00. The monoisotopic (exact) mass is 220 g/mol. The first-order valence-corrected chi connectivity index (χ1v) is 6.26. The van der Waals surface area contributed by atoms with Gasteiger partial charge in [0.05, 0.1) is 11.7 Å². The second-order valence-corrected chi connectivity index (χ2v) is 5.07. The number of ether oxygens (including phenoxy) is 1. The third kappa shape index (κ3) is 2.21. The van der Waals surface area contributed by atoms with Crippen molar-refractivity contribution < 1.29 is 9.53 Å². The van der Waals surface area contributed by atoms with Gasteiger partial charge in [-0.1, -0.05) is 38.2 Å². The Morgan fingerprint density at radius 2 is 2.19 bits per heavy atom. The van der Waals surface area contributed by atoms with Gasteiger partial charge in [0.2, 0.25) is 0 Å². The van der Waals surface area contributed by atoms with Crippen LogP contribution in [0.4, 0.5) is 0 Å². The Kier molecular flexibility index (Phi) is 3.47. The smallest absolute Gasteiger partial charge is 0.321 e. The van der Waals surface area contributed by atoms with E-state index in [1.165, 1.54) is 32.1 Å². The predicted molar refractivity (Wildman–Crippen MR) is 63.7 cm³/mol. The Morgan fingerprint density at radius 1 is 1.44 bits per heavy atom. The largest absolute Gasteiger partial charge is 0.434 e. The van der Waals surface area contributed by atoms with Gasteiger partial charge in [0.15, 0.2) is 0 Å². The van der Waals surface area contributed by atoms with Crippen LogP contribution in [0.5, 0.6) is 0 Å². The maximum atomic E-state index is 11.8. The van der Waals surface area contributed by atoms with E-state index in [4.69, 9.17) is 4.74 Å². The van der Waals surface area contributed by atoms with Crippen molar-refractivity contribution in [3.05, 3.63) is 25.0 Å². The van der Waals surface area contributed by atoms with Gasteiger partial charge in [0.1, 0.15) is 0 Å². The summed E-state index contributed by atoms with van der Waals surface area (Å²) in [5.74, 6) is 0.599. The highest BCUT2D eigenvalue weighted by Crippen LogP contribution is 2.41. The molecule has 2 heteroatoms. The van der Waals surface area contributed by atoms with Crippen LogP contribution in [0.15, 0.2) is 25.0 Å². The number of cyclic esters (lactones) is 1. The van der Waals surface area contributed by atoms with Gasteiger partial charge >= 0.3 is 5.97 Å².